The summed E-state index contributed by atoms with van der Waals surface area (Å²) in [5.41, 5.74) is 0. The van der Waals surface area contributed by atoms with Gasteiger partial charge in [0.2, 0.25) is 5.91 Å². The number of hydrogen-bond acceptors (Lipinski definition) is 2. The van der Waals surface area contributed by atoms with E-state index in [9.17, 15) is 9.59 Å². The molecule has 1 fully saturated rings. The minimum absolute atomic E-state index is 0.251. The Morgan fingerprint density at radius 1 is 1.67 bits per heavy atom. The molecule has 0 heterocycles. The van der Waals surface area contributed by atoms with Crippen molar-refractivity contribution in [2.24, 2.45) is 0 Å². The molecule has 0 aromatic heterocycles. The van der Waals surface area contributed by atoms with E-state index in [0.29, 0.717) is 6.54 Å². The Labute approximate surface area is 94.3 Å². The van der Waals surface area contributed by atoms with Crippen LogP contribution >= 0.6 is 11.6 Å². The smallest absolute Gasteiger partial charge is 0.318 e. The number of alkyl halides is 1. The second kappa shape index (κ2) is 5.16. The molecule has 1 atom stereocenters. The molecule has 0 spiro atoms. The zero-order valence-corrected chi connectivity index (χ0v) is 9.46. The summed E-state index contributed by atoms with van der Waals surface area (Å²) >= 11 is 5.55. The van der Waals surface area contributed by atoms with Gasteiger partial charge in [0.1, 0.15) is 5.38 Å². The molecular weight excluding hydrogens is 216 g/mol. The molecule has 1 aliphatic rings. The first-order valence-electron chi connectivity index (χ1n) is 4.92. The zero-order valence-electron chi connectivity index (χ0n) is 8.70. The minimum atomic E-state index is -0.696. The Morgan fingerprint density at radius 2 is 2.27 bits per heavy atom. The van der Waals surface area contributed by atoms with Crippen LogP contribution in [0.15, 0.2) is 12.7 Å². The van der Waals surface area contributed by atoms with Crippen molar-refractivity contribution in [3.63, 3.8) is 0 Å². The number of urea groups is 1. The summed E-state index contributed by atoms with van der Waals surface area (Å²) in [4.78, 5) is 24.4. The third kappa shape index (κ3) is 3.55. The molecule has 15 heavy (non-hydrogen) atoms. The monoisotopic (exact) mass is 230 g/mol. The number of nitrogens with one attached hydrogen (secondary N) is 1. The van der Waals surface area contributed by atoms with Gasteiger partial charge in [-0.2, -0.15) is 0 Å². The number of carbonyl (C=O) groups is 2. The van der Waals surface area contributed by atoms with Gasteiger partial charge in [0.25, 0.3) is 0 Å². The lowest BCUT2D eigenvalue weighted by Gasteiger charge is -2.20. The van der Waals surface area contributed by atoms with Crippen molar-refractivity contribution < 1.29 is 9.59 Å². The average Bonchev–Trinajstić information content (AvgIpc) is 2.97. The van der Waals surface area contributed by atoms with Crippen molar-refractivity contribution in [1.29, 1.82) is 0 Å². The van der Waals surface area contributed by atoms with E-state index >= 15 is 0 Å². The van der Waals surface area contributed by atoms with Gasteiger partial charge in [-0.1, -0.05) is 6.08 Å². The second-order valence-corrected chi connectivity index (χ2v) is 4.24. The first-order chi connectivity index (χ1) is 7.06. The van der Waals surface area contributed by atoms with Crippen LogP contribution in [0.2, 0.25) is 0 Å². The molecule has 1 N–H and O–H groups in total. The van der Waals surface area contributed by atoms with Crippen LogP contribution in [0.25, 0.3) is 0 Å². The van der Waals surface area contributed by atoms with Crippen molar-refractivity contribution in [2.75, 3.05) is 6.54 Å². The molecule has 0 aromatic rings. The van der Waals surface area contributed by atoms with Gasteiger partial charge in [-0.3, -0.25) is 10.1 Å². The standard InChI is InChI=1S/C10H15ClN2O2/c1-3-6-13(8-4-5-8)10(15)12-9(14)7(2)11/h3,7-8H,1,4-6H2,2H3,(H,12,14,15). The highest BCUT2D eigenvalue weighted by molar-refractivity contribution is 6.31. The second-order valence-electron chi connectivity index (χ2n) is 3.58. The normalized spacial score (nSPS) is 16.7. The minimum Gasteiger partial charge on any atom is -0.318 e. The fourth-order valence-corrected chi connectivity index (χ4v) is 1.25. The molecule has 1 unspecified atom stereocenters. The summed E-state index contributed by atoms with van der Waals surface area (Å²) in [5.74, 6) is -0.462. The zero-order chi connectivity index (χ0) is 11.4. The van der Waals surface area contributed by atoms with E-state index in [0.717, 1.165) is 12.8 Å². The predicted octanol–water partition coefficient (Wildman–Crippen LogP) is 1.50. The van der Waals surface area contributed by atoms with E-state index in [-0.39, 0.29) is 12.1 Å². The van der Waals surface area contributed by atoms with Crippen molar-refractivity contribution >= 4 is 23.5 Å². The fourth-order valence-electron chi connectivity index (χ4n) is 1.20. The van der Waals surface area contributed by atoms with Crippen LogP contribution in [0.3, 0.4) is 0 Å². The molecular formula is C10H15ClN2O2. The Kier molecular flexibility index (Phi) is 4.15. The first kappa shape index (κ1) is 12.0. The molecule has 5 heteroatoms. The first-order valence-corrected chi connectivity index (χ1v) is 5.36. The van der Waals surface area contributed by atoms with Gasteiger partial charge in [-0.15, -0.1) is 18.2 Å². The molecule has 0 bridgehead atoms. The number of halogens is 1. The van der Waals surface area contributed by atoms with Gasteiger partial charge in [-0.05, 0) is 19.8 Å². The highest BCUT2D eigenvalue weighted by atomic mass is 35.5. The Bertz CT molecular complexity index is 275. The predicted molar refractivity (Wildman–Crippen MR) is 58.8 cm³/mol. The van der Waals surface area contributed by atoms with E-state index in [1.54, 1.807) is 11.0 Å². The lowest BCUT2D eigenvalue weighted by Crippen LogP contribution is -2.46. The van der Waals surface area contributed by atoms with E-state index in [1.807, 2.05) is 0 Å². The summed E-state index contributed by atoms with van der Waals surface area (Å²) < 4.78 is 0. The number of amides is 3. The van der Waals surface area contributed by atoms with Crippen LogP contribution in [0.5, 0.6) is 0 Å². The molecule has 0 aromatic carbocycles. The molecule has 0 aliphatic heterocycles. The molecule has 3 amide bonds. The molecule has 0 radical (unpaired) electrons. The lowest BCUT2D eigenvalue weighted by molar-refractivity contribution is -0.119. The number of imide groups is 1. The van der Waals surface area contributed by atoms with Crippen molar-refractivity contribution in [2.45, 2.75) is 31.2 Å². The van der Waals surface area contributed by atoms with Crippen molar-refractivity contribution in [3.05, 3.63) is 12.7 Å². The highest BCUT2D eigenvalue weighted by Crippen LogP contribution is 2.26. The number of hydrogen-bond donors (Lipinski definition) is 1. The summed E-state index contributed by atoms with van der Waals surface area (Å²) in [6, 6.07) is -0.128. The lowest BCUT2D eigenvalue weighted by atomic mass is 10.4. The van der Waals surface area contributed by atoms with E-state index in [4.69, 9.17) is 11.6 Å². The highest BCUT2D eigenvalue weighted by Gasteiger charge is 2.32. The molecule has 1 saturated carbocycles. The van der Waals surface area contributed by atoms with Gasteiger partial charge < -0.3 is 4.90 Å². The van der Waals surface area contributed by atoms with E-state index in [2.05, 4.69) is 11.9 Å². The molecule has 1 aliphatic carbocycles. The molecule has 84 valence electrons. The van der Waals surface area contributed by atoms with Gasteiger partial charge in [-0.25, -0.2) is 4.79 Å². The Balaban J connectivity index is 2.48. The van der Waals surface area contributed by atoms with Gasteiger partial charge in [0.15, 0.2) is 0 Å². The fraction of sp³-hybridized carbons (Fsp3) is 0.600. The van der Waals surface area contributed by atoms with Gasteiger partial charge in [0, 0.05) is 12.6 Å². The average molecular weight is 231 g/mol. The van der Waals surface area contributed by atoms with Crippen LogP contribution < -0.4 is 5.32 Å². The van der Waals surface area contributed by atoms with Crippen LogP contribution in [-0.2, 0) is 4.79 Å². The number of carbonyl (C=O) groups excluding carboxylic acids is 2. The van der Waals surface area contributed by atoms with Crippen LogP contribution in [0.4, 0.5) is 4.79 Å². The van der Waals surface area contributed by atoms with Crippen LogP contribution in [0, 0.1) is 0 Å². The Morgan fingerprint density at radius 3 is 2.67 bits per heavy atom. The Hall–Kier alpha value is -1.03. The summed E-state index contributed by atoms with van der Waals surface area (Å²) in [7, 11) is 0. The molecule has 4 nitrogen and oxygen atoms in total. The van der Waals surface area contributed by atoms with E-state index in [1.165, 1.54) is 6.92 Å². The maximum absolute atomic E-state index is 11.6. The number of rotatable bonds is 4. The summed E-state index contributed by atoms with van der Waals surface area (Å²) in [6.45, 7) is 5.56. The summed E-state index contributed by atoms with van der Waals surface area (Å²) in [5, 5.41) is 1.56. The third-order valence-corrected chi connectivity index (χ3v) is 2.36. The third-order valence-electron chi connectivity index (χ3n) is 2.17. The van der Waals surface area contributed by atoms with Crippen molar-refractivity contribution in [1.82, 2.24) is 10.2 Å². The van der Waals surface area contributed by atoms with Crippen LogP contribution in [0.1, 0.15) is 19.8 Å². The number of nitrogens with zero attached hydrogens (tertiary/aromatic N) is 1. The van der Waals surface area contributed by atoms with Gasteiger partial charge >= 0.3 is 6.03 Å². The molecule has 0 saturated heterocycles. The van der Waals surface area contributed by atoms with Gasteiger partial charge in [0.05, 0.1) is 0 Å². The topological polar surface area (TPSA) is 49.4 Å². The quantitative estimate of drug-likeness (QED) is 0.588. The molecule has 1 rings (SSSR count). The van der Waals surface area contributed by atoms with Crippen molar-refractivity contribution in [3.8, 4) is 0 Å². The SMILES string of the molecule is C=CCN(C(=O)NC(=O)C(C)Cl)C1CC1. The summed E-state index contributed by atoms with van der Waals surface area (Å²) in [6.07, 6.45) is 3.63. The maximum atomic E-state index is 11.6. The van der Waals surface area contributed by atoms with Crippen LogP contribution in [-0.4, -0.2) is 34.8 Å². The largest absolute Gasteiger partial charge is 0.324 e. The van der Waals surface area contributed by atoms with E-state index < -0.39 is 11.3 Å². The maximum Gasteiger partial charge on any atom is 0.324 e.